The number of nitrogen functional groups attached to an aromatic ring is 1. The molecule has 5 heteroatoms. The number of nitrogens with zero attached hydrogens (tertiary/aromatic N) is 1. The monoisotopic (exact) mass is 308 g/mol. The molecule has 0 spiro atoms. The van der Waals surface area contributed by atoms with E-state index >= 15 is 0 Å². The minimum Gasteiger partial charge on any atom is -0.489 e. The molecule has 0 saturated carbocycles. The molecule has 1 aromatic rings. The van der Waals surface area contributed by atoms with Crippen molar-refractivity contribution in [3.05, 3.63) is 23.8 Å². The summed E-state index contributed by atoms with van der Waals surface area (Å²) in [5.74, 6) is 0.837. The fourth-order valence-corrected chi connectivity index (χ4v) is 2.60. The van der Waals surface area contributed by atoms with Gasteiger partial charge < -0.3 is 20.3 Å². The van der Waals surface area contributed by atoms with Gasteiger partial charge in [0.2, 0.25) is 6.41 Å². The highest BCUT2D eigenvalue weighted by molar-refractivity contribution is 5.50. The molecule has 5 nitrogen and oxygen atoms in total. The van der Waals surface area contributed by atoms with Crippen molar-refractivity contribution in [1.82, 2.24) is 4.90 Å². The Morgan fingerprint density at radius 1 is 1.41 bits per heavy atom. The largest absolute Gasteiger partial charge is 0.489 e. The Morgan fingerprint density at radius 3 is 2.77 bits per heavy atom. The highest BCUT2D eigenvalue weighted by atomic mass is 16.6. The van der Waals surface area contributed by atoms with E-state index in [1.54, 1.807) is 0 Å². The summed E-state index contributed by atoms with van der Waals surface area (Å²) in [6, 6.07) is 5.79. The molecule has 124 valence electrons. The van der Waals surface area contributed by atoms with Crippen LogP contribution in [0.15, 0.2) is 18.2 Å². The Labute approximate surface area is 133 Å². The number of rotatable bonds is 5. The van der Waals surface area contributed by atoms with Gasteiger partial charge in [0.05, 0.1) is 5.60 Å². The van der Waals surface area contributed by atoms with Crippen LogP contribution in [-0.2, 0) is 11.2 Å². The van der Waals surface area contributed by atoms with E-state index in [-0.39, 0.29) is 11.7 Å². The van der Waals surface area contributed by atoms with Crippen LogP contribution in [0.5, 0.6) is 5.75 Å². The molecule has 22 heavy (non-hydrogen) atoms. The van der Waals surface area contributed by atoms with E-state index in [1.165, 1.54) is 0 Å². The molecule has 0 radical (unpaired) electrons. The van der Waals surface area contributed by atoms with Crippen LogP contribution < -0.4 is 10.5 Å². The Morgan fingerprint density at radius 2 is 2.14 bits per heavy atom. The first kappa shape index (κ1) is 17.1. The smallest absolute Gasteiger partial charge is 0.216 e. The second-order valence-corrected chi connectivity index (χ2v) is 6.79. The van der Waals surface area contributed by atoms with Gasteiger partial charge in [0.25, 0.3) is 0 Å². The summed E-state index contributed by atoms with van der Waals surface area (Å²) in [6.45, 7) is 9.29. The number of hydrogen-bond acceptors (Lipinski definition) is 5. The molecular formula is C17H28N2O3. The van der Waals surface area contributed by atoms with Crippen molar-refractivity contribution in [3.63, 3.8) is 0 Å². The molecule has 0 aromatic heterocycles. The predicted molar refractivity (Wildman–Crippen MR) is 87.7 cm³/mol. The SMILES string of the molecule is CCc1cc(OC2CCN([C@@H](O)OC(C)(C)C)C2)ccc1N. The summed E-state index contributed by atoms with van der Waals surface area (Å²) >= 11 is 0. The summed E-state index contributed by atoms with van der Waals surface area (Å²) in [7, 11) is 0. The van der Waals surface area contributed by atoms with E-state index in [1.807, 2.05) is 43.9 Å². The molecule has 1 saturated heterocycles. The first-order valence-corrected chi connectivity index (χ1v) is 7.93. The average molecular weight is 308 g/mol. The summed E-state index contributed by atoms with van der Waals surface area (Å²) in [5, 5.41) is 10.1. The van der Waals surface area contributed by atoms with Crippen molar-refractivity contribution in [2.45, 2.75) is 58.7 Å². The number of hydrogen-bond donors (Lipinski definition) is 2. The molecule has 0 bridgehead atoms. The van der Waals surface area contributed by atoms with Crippen molar-refractivity contribution < 1.29 is 14.6 Å². The van der Waals surface area contributed by atoms with Crippen molar-refractivity contribution in [1.29, 1.82) is 0 Å². The Kier molecular flexibility index (Phi) is 5.32. The standard InChI is InChI=1S/C17H28N2O3/c1-5-12-10-13(6-7-15(12)18)21-14-8-9-19(11-14)16(20)22-17(2,3)4/h6-7,10,14,16,20H,5,8-9,11,18H2,1-4H3/t14?,16-/m0/s1. The fourth-order valence-electron chi connectivity index (χ4n) is 2.60. The number of benzene rings is 1. The minimum atomic E-state index is -0.883. The first-order chi connectivity index (χ1) is 10.3. The zero-order valence-corrected chi connectivity index (χ0v) is 14.0. The Hall–Kier alpha value is -1.30. The average Bonchev–Trinajstić information content (AvgIpc) is 2.87. The maximum Gasteiger partial charge on any atom is 0.216 e. The predicted octanol–water partition coefficient (Wildman–Crippen LogP) is 2.38. The van der Waals surface area contributed by atoms with Crippen molar-refractivity contribution >= 4 is 5.69 Å². The van der Waals surface area contributed by atoms with E-state index in [4.69, 9.17) is 15.2 Å². The van der Waals surface area contributed by atoms with E-state index < -0.39 is 6.41 Å². The van der Waals surface area contributed by atoms with Crippen LogP contribution in [0.1, 0.15) is 39.7 Å². The van der Waals surface area contributed by atoms with E-state index in [0.29, 0.717) is 6.54 Å². The molecule has 3 N–H and O–H groups in total. The summed E-state index contributed by atoms with van der Waals surface area (Å²) in [6.07, 6.45) is 0.937. The number of likely N-dealkylation sites (tertiary alicyclic amines) is 1. The fraction of sp³-hybridized carbons (Fsp3) is 0.647. The normalized spacial score (nSPS) is 21.0. The molecular weight excluding hydrogens is 280 g/mol. The molecule has 1 aliphatic rings. The van der Waals surface area contributed by atoms with Crippen molar-refractivity contribution in [2.75, 3.05) is 18.8 Å². The lowest BCUT2D eigenvalue weighted by molar-refractivity contribution is -0.234. The van der Waals surface area contributed by atoms with E-state index in [9.17, 15) is 5.11 Å². The van der Waals surface area contributed by atoms with E-state index in [2.05, 4.69) is 6.92 Å². The van der Waals surface area contributed by atoms with Gasteiger partial charge in [-0.3, -0.25) is 4.90 Å². The van der Waals surface area contributed by atoms with Crippen LogP contribution in [-0.4, -0.2) is 41.2 Å². The van der Waals surface area contributed by atoms with Crippen LogP contribution in [0, 0.1) is 0 Å². The van der Waals surface area contributed by atoms with Crippen LogP contribution in [0.3, 0.4) is 0 Å². The van der Waals surface area contributed by atoms with Gasteiger partial charge in [-0.1, -0.05) is 6.92 Å². The van der Waals surface area contributed by atoms with E-state index in [0.717, 1.165) is 36.4 Å². The van der Waals surface area contributed by atoms with Crippen molar-refractivity contribution in [2.24, 2.45) is 0 Å². The molecule has 1 heterocycles. The van der Waals surface area contributed by atoms with Gasteiger partial charge in [0, 0.05) is 18.8 Å². The summed E-state index contributed by atoms with van der Waals surface area (Å²) in [4.78, 5) is 1.90. The maximum atomic E-state index is 10.1. The van der Waals surface area contributed by atoms with Crippen LogP contribution in [0.4, 0.5) is 5.69 Å². The number of aliphatic hydroxyl groups excluding tert-OH is 1. The van der Waals surface area contributed by atoms with Gasteiger partial charge in [-0.15, -0.1) is 0 Å². The first-order valence-electron chi connectivity index (χ1n) is 7.93. The van der Waals surface area contributed by atoms with Crippen LogP contribution in [0.25, 0.3) is 0 Å². The third kappa shape index (κ3) is 4.60. The molecule has 2 rings (SSSR count). The molecule has 2 atom stereocenters. The molecule has 1 unspecified atom stereocenters. The lowest BCUT2D eigenvalue weighted by Gasteiger charge is -2.29. The number of nitrogens with two attached hydrogens (primary N) is 1. The van der Waals surface area contributed by atoms with Gasteiger partial charge in [0.1, 0.15) is 11.9 Å². The zero-order chi connectivity index (χ0) is 16.3. The third-order valence-corrected chi connectivity index (χ3v) is 3.75. The third-order valence-electron chi connectivity index (χ3n) is 3.75. The van der Waals surface area contributed by atoms with Gasteiger partial charge in [-0.25, -0.2) is 0 Å². The topological polar surface area (TPSA) is 68.0 Å². The van der Waals surface area contributed by atoms with Gasteiger partial charge in [-0.2, -0.15) is 0 Å². The van der Waals surface area contributed by atoms with Gasteiger partial charge in [0.15, 0.2) is 0 Å². The zero-order valence-electron chi connectivity index (χ0n) is 14.0. The summed E-state index contributed by atoms with van der Waals surface area (Å²) in [5.41, 5.74) is 7.45. The molecule has 0 aliphatic carbocycles. The molecule has 1 aromatic carbocycles. The molecule has 1 aliphatic heterocycles. The van der Waals surface area contributed by atoms with Gasteiger partial charge in [-0.05, 0) is 57.4 Å². The Balaban J connectivity index is 1.91. The molecule has 0 amide bonds. The lowest BCUT2D eigenvalue weighted by atomic mass is 10.1. The van der Waals surface area contributed by atoms with Crippen molar-refractivity contribution in [3.8, 4) is 5.75 Å². The highest BCUT2D eigenvalue weighted by Crippen LogP contribution is 2.24. The quantitative estimate of drug-likeness (QED) is 0.646. The van der Waals surface area contributed by atoms with Gasteiger partial charge >= 0.3 is 0 Å². The second kappa shape index (κ2) is 6.86. The summed E-state index contributed by atoms with van der Waals surface area (Å²) < 4.78 is 11.6. The Bertz CT molecular complexity index is 499. The minimum absolute atomic E-state index is 0.0616. The lowest BCUT2D eigenvalue weighted by Crippen LogP contribution is -2.41. The molecule has 1 fully saturated rings. The van der Waals surface area contributed by atoms with Crippen LogP contribution in [0.2, 0.25) is 0 Å². The number of ether oxygens (including phenoxy) is 2. The highest BCUT2D eigenvalue weighted by Gasteiger charge is 2.31. The van der Waals surface area contributed by atoms with Crippen LogP contribution >= 0.6 is 0 Å². The maximum absolute atomic E-state index is 10.1. The number of anilines is 1. The number of aryl methyl sites for hydroxylation is 1. The number of aliphatic hydroxyl groups is 1. The second-order valence-electron chi connectivity index (χ2n) is 6.79.